The molecule has 2 heterocycles. The highest BCUT2D eigenvalue weighted by molar-refractivity contribution is 5.95. The van der Waals surface area contributed by atoms with Gasteiger partial charge in [-0.2, -0.15) is 0 Å². The molecule has 1 unspecified atom stereocenters. The molecule has 2 amide bonds. The van der Waals surface area contributed by atoms with Crippen LogP contribution in [0.3, 0.4) is 0 Å². The summed E-state index contributed by atoms with van der Waals surface area (Å²) in [5.41, 5.74) is 1.23. The minimum absolute atomic E-state index is 0.0478. The second kappa shape index (κ2) is 6.23. The molecule has 1 aliphatic heterocycles. The van der Waals surface area contributed by atoms with Gasteiger partial charge in [-0.05, 0) is 37.0 Å². The average molecular weight is 340 g/mol. The number of phenolic OH excluding ortho intramolecular Hbond substituents is 1. The summed E-state index contributed by atoms with van der Waals surface area (Å²) in [7, 11) is 0. The first-order valence-electron chi connectivity index (χ1n) is 8.48. The lowest BCUT2D eigenvalue weighted by Crippen LogP contribution is -2.46. The van der Waals surface area contributed by atoms with E-state index in [0.717, 1.165) is 5.69 Å². The van der Waals surface area contributed by atoms with Crippen LogP contribution in [0, 0.1) is 5.92 Å². The molecule has 25 heavy (non-hydrogen) atoms. The lowest BCUT2D eigenvalue weighted by atomic mass is 10.1. The van der Waals surface area contributed by atoms with E-state index in [0.29, 0.717) is 24.6 Å². The molecule has 1 aliphatic carbocycles. The molecule has 2 N–H and O–H groups in total. The maximum atomic E-state index is 12.8. The maximum absolute atomic E-state index is 12.8. The average Bonchev–Trinajstić information content (AvgIpc) is 3.33. The summed E-state index contributed by atoms with van der Waals surface area (Å²) in [6.07, 6.45) is 5.67. The second-order valence-corrected chi connectivity index (χ2v) is 6.73. The van der Waals surface area contributed by atoms with Crippen LogP contribution in [0.4, 0.5) is 0 Å². The van der Waals surface area contributed by atoms with Gasteiger partial charge in [0.15, 0.2) is 0 Å². The predicted octanol–water partition coefficient (Wildman–Crippen LogP) is 1.31. The Morgan fingerprint density at radius 1 is 1.32 bits per heavy atom. The van der Waals surface area contributed by atoms with Gasteiger partial charge < -0.3 is 19.9 Å². The molecule has 7 nitrogen and oxygen atoms in total. The van der Waals surface area contributed by atoms with Crippen molar-refractivity contribution in [2.45, 2.75) is 25.4 Å². The number of carbonyl (C=O) groups excluding carboxylic acids is 2. The van der Waals surface area contributed by atoms with E-state index < -0.39 is 6.04 Å². The standard InChI is InChI=1S/C18H20N4O3/c23-15-3-1-2-13(6-15)18(25)21-9-14-8-19-11-22(14)16(10-21)17(24)20-7-12-4-5-12/h1-3,6,8,11-12,16,23H,4-5,7,9-10H2,(H,20,24). The summed E-state index contributed by atoms with van der Waals surface area (Å²) in [5, 5.41) is 12.6. The Labute approximate surface area is 145 Å². The molecule has 0 bridgehead atoms. The third kappa shape index (κ3) is 3.22. The van der Waals surface area contributed by atoms with Crippen molar-refractivity contribution in [3.63, 3.8) is 0 Å². The summed E-state index contributed by atoms with van der Waals surface area (Å²) < 4.78 is 1.84. The lowest BCUT2D eigenvalue weighted by molar-refractivity contribution is -0.125. The topological polar surface area (TPSA) is 87.5 Å². The lowest BCUT2D eigenvalue weighted by Gasteiger charge is -2.33. The van der Waals surface area contributed by atoms with Crippen molar-refractivity contribution in [1.29, 1.82) is 0 Å². The van der Waals surface area contributed by atoms with Crippen LogP contribution in [0.5, 0.6) is 5.75 Å². The van der Waals surface area contributed by atoms with E-state index >= 15 is 0 Å². The largest absolute Gasteiger partial charge is 0.508 e. The third-order valence-corrected chi connectivity index (χ3v) is 4.77. The zero-order valence-electron chi connectivity index (χ0n) is 13.8. The van der Waals surface area contributed by atoms with Crippen LogP contribution in [0.1, 0.15) is 34.9 Å². The normalized spacial score (nSPS) is 19.4. The van der Waals surface area contributed by atoms with Gasteiger partial charge in [-0.1, -0.05) is 6.07 Å². The number of nitrogens with one attached hydrogen (secondary N) is 1. The van der Waals surface area contributed by atoms with Crippen LogP contribution < -0.4 is 5.32 Å². The zero-order chi connectivity index (χ0) is 17.4. The molecule has 1 aromatic heterocycles. The zero-order valence-corrected chi connectivity index (χ0v) is 13.8. The molecular formula is C18H20N4O3. The molecule has 0 saturated heterocycles. The minimum Gasteiger partial charge on any atom is -0.508 e. The molecule has 0 radical (unpaired) electrons. The summed E-state index contributed by atoms with van der Waals surface area (Å²) in [6.45, 7) is 1.37. The molecule has 2 aliphatic rings. The Hall–Kier alpha value is -2.83. The van der Waals surface area contributed by atoms with Gasteiger partial charge in [0, 0.05) is 18.3 Å². The first-order valence-corrected chi connectivity index (χ1v) is 8.48. The van der Waals surface area contributed by atoms with E-state index in [1.54, 1.807) is 29.6 Å². The monoisotopic (exact) mass is 340 g/mol. The number of nitrogens with zero attached hydrogens (tertiary/aromatic N) is 3. The summed E-state index contributed by atoms with van der Waals surface area (Å²) >= 11 is 0. The van der Waals surface area contributed by atoms with Gasteiger partial charge in [-0.25, -0.2) is 4.98 Å². The van der Waals surface area contributed by atoms with E-state index in [2.05, 4.69) is 10.3 Å². The number of benzene rings is 1. The highest BCUT2D eigenvalue weighted by Gasteiger charge is 2.33. The van der Waals surface area contributed by atoms with Crippen LogP contribution in [-0.4, -0.2) is 44.5 Å². The molecule has 1 aromatic carbocycles. The number of aromatic hydroxyl groups is 1. The van der Waals surface area contributed by atoms with Crippen molar-refractivity contribution in [2.24, 2.45) is 5.92 Å². The number of imidazole rings is 1. The van der Waals surface area contributed by atoms with Crippen LogP contribution in [0.2, 0.25) is 0 Å². The van der Waals surface area contributed by atoms with E-state index in [4.69, 9.17) is 0 Å². The number of carbonyl (C=O) groups is 2. The number of hydrogen-bond acceptors (Lipinski definition) is 4. The van der Waals surface area contributed by atoms with Crippen molar-refractivity contribution in [1.82, 2.24) is 19.8 Å². The SMILES string of the molecule is O=C(NCC1CC1)C1CN(C(=O)c2cccc(O)c2)Cc2cncn21. The van der Waals surface area contributed by atoms with Crippen LogP contribution in [0.25, 0.3) is 0 Å². The Balaban J connectivity index is 1.54. The van der Waals surface area contributed by atoms with Gasteiger partial charge in [0.05, 0.1) is 25.1 Å². The molecule has 4 rings (SSSR count). The molecule has 1 atom stereocenters. The number of phenols is 1. The van der Waals surface area contributed by atoms with E-state index in [9.17, 15) is 14.7 Å². The molecule has 1 fully saturated rings. The van der Waals surface area contributed by atoms with Crippen molar-refractivity contribution in [3.8, 4) is 5.75 Å². The predicted molar refractivity (Wildman–Crippen MR) is 89.8 cm³/mol. The molecule has 2 aromatic rings. The highest BCUT2D eigenvalue weighted by Crippen LogP contribution is 2.28. The summed E-state index contributed by atoms with van der Waals surface area (Å²) in [4.78, 5) is 31.2. The van der Waals surface area contributed by atoms with Gasteiger partial charge >= 0.3 is 0 Å². The Morgan fingerprint density at radius 3 is 2.92 bits per heavy atom. The molecule has 0 spiro atoms. The van der Waals surface area contributed by atoms with Crippen LogP contribution in [-0.2, 0) is 11.3 Å². The molecule has 7 heteroatoms. The maximum Gasteiger partial charge on any atom is 0.254 e. The Kier molecular flexibility index (Phi) is 3.91. The first kappa shape index (κ1) is 15.7. The van der Waals surface area contributed by atoms with Crippen molar-refractivity contribution in [3.05, 3.63) is 48.0 Å². The first-order chi connectivity index (χ1) is 12.1. The fourth-order valence-corrected chi connectivity index (χ4v) is 3.16. The third-order valence-electron chi connectivity index (χ3n) is 4.77. The van der Waals surface area contributed by atoms with Gasteiger partial charge in [0.25, 0.3) is 5.91 Å². The smallest absolute Gasteiger partial charge is 0.254 e. The molecular weight excluding hydrogens is 320 g/mol. The summed E-state index contributed by atoms with van der Waals surface area (Å²) in [5.74, 6) is 0.356. The van der Waals surface area contributed by atoms with Gasteiger partial charge in [-0.15, -0.1) is 0 Å². The Bertz CT molecular complexity index is 812. The van der Waals surface area contributed by atoms with Crippen LogP contribution in [0.15, 0.2) is 36.8 Å². The second-order valence-electron chi connectivity index (χ2n) is 6.73. The van der Waals surface area contributed by atoms with Crippen LogP contribution >= 0.6 is 0 Å². The minimum atomic E-state index is -0.480. The molecule has 1 saturated carbocycles. The van der Waals surface area contributed by atoms with Crippen molar-refractivity contribution in [2.75, 3.05) is 13.1 Å². The molecule has 130 valence electrons. The van der Waals surface area contributed by atoms with Crippen molar-refractivity contribution < 1.29 is 14.7 Å². The van der Waals surface area contributed by atoms with E-state index in [1.165, 1.54) is 25.0 Å². The Morgan fingerprint density at radius 2 is 2.16 bits per heavy atom. The van der Waals surface area contributed by atoms with Gasteiger partial charge in [0.1, 0.15) is 11.8 Å². The fourth-order valence-electron chi connectivity index (χ4n) is 3.16. The van der Waals surface area contributed by atoms with Crippen molar-refractivity contribution >= 4 is 11.8 Å². The highest BCUT2D eigenvalue weighted by atomic mass is 16.3. The quantitative estimate of drug-likeness (QED) is 0.878. The number of amides is 2. The summed E-state index contributed by atoms with van der Waals surface area (Å²) in [6, 6.07) is 5.78. The fraction of sp³-hybridized carbons (Fsp3) is 0.389. The number of hydrogen-bond donors (Lipinski definition) is 2. The van der Waals surface area contributed by atoms with Gasteiger partial charge in [0.2, 0.25) is 5.91 Å². The van der Waals surface area contributed by atoms with E-state index in [1.807, 2.05) is 4.57 Å². The van der Waals surface area contributed by atoms with E-state index in [-0.39, 0.29) is 24.1 Å². The number of aromatic nitrogens is 2. The number of rotatable bonds is 4. The number of fused-ring (bicyclic) bond motifs is 1. The van der Waals surface area contributed by atoms with Gasteiger partial charge in [-0.3, -0.25) is 9.59 Å².